The van der Waals surface area contributed by atoms with E-state index in [1.165, 1.54) is 10.8 Å². The minimum absolute atomic E-state index is 0.843. The molecular formula is C52H32N2O2. The molecule has 0 saturated carbocycles. The summed E-state index contributed by atoms with van der Waals surface area (Å²) in [6, 6.07) is 69.0. The van der Waals surface area contributed by atoms with Crippen LogP contribution in [0.2, 0.25) is 0 Å². The zero-order valence-electron chi connectivity index (χ0n) is 30.2. The monoisotopic (exact) mass is 716 g/mol. The van der Waals surface area contributed by atoms with E-state index in [9.17, 15) is 0 Å². The summed E-state index contributed by atoms with van der Waals surface area (Å²) in [4.78, 5) is 2.44. The number of para-hydroxylation sites is 6. The summed E-state index contributed by atoms with van der Waals surface area (Å²) in [5.74, 6) is 0. The van der Waals surface area contributed by atoms with E-state index in [0.717, 1.165) is 99.6 Å². The summed E-state index contributed by atoms with van der Waals surface area (Å²) in [7, 11) is 0. The van der Waals surface area contributed by atoms with Gasteiger partial charge in [-0.2, -0.15) is 0 Å². The van der Waals surface area contributed by atoms with E-state index >= 15 is 0 Å². The van der Waals surface area contributed by atoms with Crippen molar-refractivity contribution in [3.05, 3.63) is 194 Å². The fraction of sp³-hybridized carbons (Fsp3) is 0. The van der Waals surface area contributed by atoms with Crippen molar-refractivity contribution in [1.29, 1.82) is 0 Å². The molecule has 4 heteroatoms. The summed E-state index contributed by atoms with van der Waals surface area (Å²) in [6.45, 7) is 0. The maximum atomic E-state index is 6.71. The molecule has 0 unspecified atom stereocenters. The summed E-state index contributed by atoms with van der Waals surface area (Å²) < 4.78 is 15.7. The van der Waals surface area contributed by atoms with Crippen LogP contribution in [0.3, 0.4) is 0 Å². The Kier molecular flexibility index (Phi) is 6.60. The van der Waals surface area contributed by atoms with Gasteiger partial charge in [-0.25, -0.2) is 0 Å². The lowest BCUT2D eigenvalue weighted by molar-refractivity contribution is 0.669. The van der Waals surface area contributed by atoms with Crippen molar-refractivity contribution in [3.8, 4) is 16.8 Å². The van der Waals surface area contributed by atoms with Gasteiger partial charge in [-0.15, -0.1) is 0 Å². The highest BCUT2D eigenvalue weighted by Crippen LogP contribution is 2.50. The molecule has 262 valence electrons. The average Bonchev–Trinajstić information content (AvgIpc) is 3.94. The molecule has 0 aliphatic heterocycles. The van der Waals surface area contributed by atoms with Gasteiger partial charge in [0.05, 0.1) is 39.2 Å². The summed E-state index contributed by atoms with van der Waals surface area (Å²) in [5.41, 5.74) is 12.2. The Morgan fingerprint density at radius 1 is 0.339 bits per heavy atom. The van der Waals surface area contributed by atoms with E-state index in [1.54, 1.807) is 0 Å². The molecule has 56 heavy (non-hydrogen) atoms. The summed E-state index contributed by atoms with van der Waals surface area (Å²) in [6.07, 6.45) is 0. The van der Waals surface area contributed by atoms with Gasteiger partial charge in [0.15, 0.2) is 0 Å². The molecule has 0 fully saturated rings. The van der Waals surface area contributed by atoms with Crippen LogP contribution in [-0.4, -0.2) is 4.57 Å². The molecule has 4 nitrogen and oxygen atoms in total. The number of anilines is 3. The standard InChI is InChI=1S/C52H32N2O2/c1-2-16-34-33(15-1)31-32-40-50-38(21-13-29-48(50)56-52(34)40)37-19-5-9-24-43(37)54(46-27-14-30-49-51(46)39-20-6-12-28-47(39)55-49)45-26-11-10-25-44(45)53-41-22-7-3-17-35(41)36-18-4-8-23-42(36)53/h1-32H. The Morgan fingerprint density at radius 3 is 1.73 bits per heavy atom. The van der Waals surface area contributed by atoms with Crippen LogP contribution >= 0.6 is 0 Å². The van der Waals surface area contributed by atoms with E-state index in [0.29, 0.717) is 0 Å². The van der Waals surface area contributed by atoms with Crippen LogP contribution in [-0.2, 0) is 0 Å². The predicted octanol–water partition coefficient (Wildman–Crippen LogP) is 14.9. The average molecular weight is 717 g/mol. The molecule has 0 aliphatic carbocycles. The highest BCUT2D eigenvalue weighted by Gasteiger charge is 2.26. The second kappa shape index (κ2) is 12.0. The van der Waals surface area contributed by atoms with Gasteiger partial charge >= 0.3 is 0 Å². The highest BCUT2D eigenvalue weighted by molar-refractivity contribution is 6.21. The summed E-state index contributed by atoms with van der Waals surface area (Å²) in [5, 5.41) is 9.05. The van der Waals surface area contributed by atoms with Crippen LogP contribution in [0.1, 0.15) is 0 Å². The van der Waals surface area contributed by atoms with E-state index in [4.69, 9.17) is 8.83 Å². The van der Waals surface area contributed by atoms with E-state index in [2.05, 4.69) is 198 Å². The van der Waals surface area contributed by atoms with Crippen molar-refractivity contribution in [2.24, 2.45) is 0 Å². The molecule has 3 aromatic heterocycles. The largest absolute Gasteiger partial charge is 0.456 e. The first-order valence-electron chi connectivity index (χ1n) is 19.0. The van der Waals surface area contributed by atoms with E-state index in [1.807, 2.05) is 6.07 Å². The minimum atomic E-state index is 0.843. The zero-order valence-corrected chi connectivity index (χ0v) is 30.2. The molecule has 12 aromatic rings. The minimum Gasteiger partial charge on any atom is -0.456 e. The first-order valence-corrected chi connectivity index (χ1v) is 19.0. The molecule has 0 radical (unpaired) electrons. The number of furan rings is 2. The van der Waals surface area contributed by atoms with Crippen molar-refractivity contribution >= 4 is 93.5 Å². The topological polar surface area (TPSA) is 34.5 Å². The van der Waals surface area contributed by atoms with Crippen LogP contribution < -0.4 is 4.90 Å². The Hall–Kier alpha value is -7.56. The molecule has 9 aromatic carbocycles. The van der Waals surface area contributed by atoms with Gasteiger partial charge in [0.25, 0.3) is 0 Å². The van der Waals surface area contributed by atoms with Gasteiger partial charge < -0.3 is 18.3 Å². The molecule has 0 saturated heterocycles. The number of hydrogen-bond donors (Lipinski definition) is 0. The van der Waals surface area contributed by atoms with Crippen LogP contribution in [0.15, 0.2) is 203 Å². The molecule has 0 bridgehead atoms. The third kappa shape index (κ3) is 4.41. The van der Waals surface area contributed by atoms with Gasteiger partial charge in [0.2, 0.25) is 0 Å². The second-order valence-electron chi connectivity index (χ2n) is 14.4. The third-order valence-corrected chi connectivity index (χ3v) is 11.4. The van der Waals surface area contributed by atoms with Gasteiger partial charge in [0.1, 0.15) is 22.3 Å². The van der Waals surface area contributed by atoms with Crippen molar-refractivity contribution < 1.29 is 8.83 Å². The first kappa shape index (κ1) is 30.9. The Labute approximate surface area is 321 Å². The van der Waals surface area contributed by atoms with Crippen molar-refractivity contribution in [2.45, 2.75) is 0 Å². The number of benzene rings is 9. The first-order chi connectivity index (χ1) is 27.8. The number of hydrogen-bond acceptors (Lipinski definition) is 3. The molecule has 0 spiro atoms. The van der Waals surface area contributed by atoms with Gasteiger partial charge in [0, 0.05) is 37.9 Å². The number of aromatic nitrogens is 1. The van der Waals surface area contributed by atoms with Gasteiger partial charge in [-0.1, -0.05) is 133 Å². The quantitative estimate of drug-likeness (QED) is 0.178. The maximum absolute atomic E-state index is 6.71. The second-order valence-corrected chi connectivity index (χ2v) is 14.4. The van der Waals surface area contributed by atoms with Crippen LogP contribution in [0.4, 0.5) is 17.1 Å². The molecule has 0 N–H and O–H groups in total. The van der Waals surface area contributed by atoms with Crippen molar-refractivity contribution in [1.82, 2.24) is 4.57 Å². The molecule has 12 rings (SSSR count). The Bertz CT molecular complexity index is 3460. The molecular weight excluding hydrogens is 685 g/mol. The normalized spacial score (nSPS) is 11.9. The Morgan fingerprint density at radius 2 is 0.911 bits per heavy atom. The fourth-order valence-electron chi connectivity index (χ4n) is 9.03. The third-order valence-electron chi connectivity index (χ3n) is 11.4. The SMILES string of the molecule is c1ccc(N(c2ccccc2-n2c3ccccc3c3ccccc32)c2cccc3oc4ccccc4c23)c(-c2cccc3oc4c5ccccc5ccc4c23)c1. The fourth-order valence-corrected chi connectivity index (χ4v) is 9.03. The molecule has 0 amide bonds. The van der Waals surface area contributed by atoms with Gasteiger partial charge in [-0.3, -0.25) is 0 Å². The highest BCUT2D eigenvalue weighted by atomic mass is 16.3. The molecule has 0 aliphatic rings. The van der Waals surface area contributed by atoms with Gasteiger partial charge in [-0.05, 0) is 71.6 Å². The van der Waals surface area contributed by atoms with Crippen molar-refractivity contribution in [2.75, 3.05) is 4.90 Å². The van der Waals surface area contributed by atoms with Crippen LogP contribution in [0.25, 0.3) is 93.3 Å². The Balaban J connectivity index is 1.20. The smallest absolute Gasteiger partial charge is 0.143 e. The number of rotatable bonds is 5. The molecule has 3 heterocycles. The lowest BCUT2D eigenvalue weighted by Crippen LogP contribution is -2.14. The maximum Gasteiger partial charge on any atom is 0.143 e. The molecule has 0 atom stereocenters. The lowest BCUT2D eigenvalue weighted by Gasteiger charge is -2.30. The van der Waals surface area contributed by atoms with Crippen LogP contribution in [0.5, 0.6) is 0 Å². The van der Waals surface area contributed by atoms with Crippen molar-refractivity contribution in [3.63, 3.8) is 0 Å². The zero-order chi connectivity index (χ0) is 36.7. The summed E-state index contributed by atoms with van der Waals surface area (Å²) >= 11 is 0. The van der Waals surface area contributed by atoms with Crippen LogP contribution in [0, 0.1) is 0 Å². The number of nitrogens with zero attached hydrogens (tertiary/aromatic N) is 2. The lowest BCUT2D eigenvalue weighted by atomic mass is 9.95. The van der Waals surface area contributed by atoms with E-state index < -0.39 is 0 Å². The predicted molar refractivity (Wildman–Crippen MR) is 233 cm³/mol. The van der Waals surface area contributed by atoms with E-state index in [-0.39, 0.29) is 0 Å². The number of fused-ring (bicyclic) bond motifs is 11.